The van der Waals surface area contributed by atoms with Crippen LogP contribution in [0.3, 0.4) is 0 Å². The maximum absolute atomic E-state index is 12.8. The molecule has 1 N–H and O–H groups in total. The second-order valence-electron chi connectivity index (χ2n) is 6.66. The number of nitrogens with one attached hydrogen (secondary N) is 1. The molecule has 5 heteroatoms. The summed E-state index contributed by atoms with van der Waals surface area (Å²) in [5.41, 5.74) is 8.23. The Hall–Kier alpha value is -2.43. The minimum Gasteiger partial charge on any atom is -0.291 e. The Labute approximate surface area is 141 Å². The van der Waals surface area contributed by atoms with Crippen LogP contribution in [-0.2, 0) is 19.4 Å². The molecule has 1 aromatic carbocycles. The van der Waals surface area contributed by atoms with Crippen molar-refractivity contribution in [3.63, 3.8) is 0 Å². The van der Waals surface area contributed by atoms with E-state index in [1.165, 1.54) is 5.56 Å². The molecule has 124 valence electrons. The van der Waals surface area contributed by atoms with Gasteiger partial charge in [0.05, 0.1) is 11.4 Å². The van der Waals surface area contributed by atoms with Crippen molar-refractivity contribution >= 4 is 11.4 Å². The predicted octanol–water partition coefficient (Wildman–Crippen LogP) is 3.04. The van der Waals surface area contributed by atoms with Gasteiger partial charge in [0.15, 0.2) is 5.82 Å². The second kappa shape index (κ2) is 6.23. The molecule has 0 unspecified atom stereocenters. The smallest absolute Gasteiger partial charge is 0.257 e. The normalized spacial score (nSPS) is 18.1. The number of nitrogens with zero attached hydrogens (tertiary/aromatic N) is 3. The molecule has 5 nitrogen and oxygen atoms in total. The van der Waals surface area contributed by atoms with E-state index in [0.717, 1.165) is 73.6 Å². The molecule has 2 aliphatic rings. The summed E-state index contributed by atoms with van der Waals surface area (Å²) in [7, 11) is 0. The van der Waals surface area contributed by atoms with E-state index in [1.54, 1.807) is 0 Å². The Bertz CT molecular complexity index is 849. The third-order valence-electron chi connectivity index (χ3n) is 4.86. The van der Waals surface area contributed by atoms with Crippen molar-refractivity contribution in [3.05, 3.63) is 57.3 Å². The largest absolute Gasteiger partial charge is 0.291 e. The molecule has 1 aromatic heterocycles. The summed E-state index contributed by atoms with van der Waals surface area (Å²) in [6.07, 6.45) is 5.79. The molecule has 24 heavy (non-hydrogen) atoms. The average Bonchev–Trinajstić information content (AvgIpc) is 2.62. The number of aromatic nitrogens is 2. The number of hydrazone groups is 1. The number of benzene rings is 1. The minimum atomic E-state index is 0.150. The van der Waals surface area contributed by atoms with Crippen molar-refractivity contribution in [3.8, 4) is 0 Å². The molecular formula is C19H22N4O. The molecule has 2 heterocycles. The molecule has 0 bridgehead atoms. The number of aryl methyl sites for hydroxylation is 2. The van der Waals surface area contributed by atoms with Gasteiger partial charge in [-0.2, -0.15) is 5.10 Å². The van der Waals surface area contributed by atoms with E-state index in [1.807, 2.05) is 16.7 Å². The van der Waals surface area contributed by atoms with Gasteiger partial charge >= 0.3 is 0 Å². The highest BCUT2D eigenvalue weighted by molar-refractivity contribution is 5.98. The SMILES string of the molecule is Cc1ccc(N/N=C2/CCCn3c2nc2c(c3=O)CCCC2)cc1. The molecule has 0 saturated carbocycles. The van der Waals surface area contributed by atoms with Crippen LogP contribution < -0.4 is 11.0 Å². The topological polar surface area (TPSA) is 59.3 Å². The summed E-state index contributed by atoms with van der Waals surface area (Å²) in [5, 5.41) is 4.56. The molecule has 2 aromatic rings. The van der Waals surface area contributed by atoms with Crippen LogP contribution in [0.5, 0.6) is 0 Å². The number of fused-ring (bicyclic) bond motifs is 2. The van der Waals surface area contributed by atoms with Crippen LogP contribution in [0.1, 0.15) is 48.3 Å². The average molecular weight is 322 g/mol. The summed E-state index contributed by atoms with van der Waals surface area (Å²) in [6.45, 7) is 2.81. The summed E-state index contributed by atoms with van der Waals surface area (Å²) >= 11 is 0. The Balaban J connectivity index is 1.70. The van der Waals surface area contributed by atoms with Gasteiger partial charge in [-0.05, 0) is 57.6 Å². The zero-order valence-corrected chi connectivity index (χ0v) is 14.0. The highest BCUT2D eigenvalue weighted by Gasteiger charge is 2.24. The Morgan fingerprint density at radius 3 is 2.71 bits per heavy atom. The van der Waals surface area contributed by atoms with Gasteiger partial charge in [0.2, 0.25) is 0 Å². The van der Waals surface area contributed by atoms with Crippen molar-refractivity contribution in [2.75, 3.05) is 5.43 Å². The van der Waals surface area contributed by atoms with Gasteiger partial charge in [-0.15, -0.1) is 0 Å². The first-order valence-electron chi connectivity index (χ1n) is 8.74. The minimum absolute atomic E-state index is 0.150. The molecule has 0 fully saturated rings. The number of hydrogen-bond acceptors (Lipinski definition) is 4. The highest BCUT2D eigenvalue weighted by atomic mass is 16.1. The molecule has 1 aliphatic heterocycles. The summed E-state index contributed by atoms with van der Waals surface area (Å²) in [5.74, 6) is 0.756. The molecule has 0 radical (unpaired) electrons. The van der Waals surface area contributed by atoms with E-state index in [-0.39, 0.29) is 5.56 Å². The van der Waals surface area contributed by atoms with Gasteiger partial charge in [-0.3, -0.25) is 14.8 Å². The number of rotatable bonds is 2. The van der Waals surface area contributed by atoms with Crippen LogP contribution >= 0.6 is 0 Å². The lowest BCUT2D eigenvalue weighted by atomic mass is 9.96. The first-order valence-corrected chi connectivity index (χ1v) is 8.74. The monoisotopic (exact) mass is 322 g/mol. The fourth-order valence-electron chi connectivity index (χ4n) is 3.50. The van der Waals surface area contributed by atoms with Crippen LogP contribution in [0.2, 0.25) is 0 Å². The Kier molecular flexibility index (Phi) is 3.92. The van der Waals surface area contributed by atoms with Crippen molar-refractivity contribution in [1.29, 1.82) is 0 Å². The summed E-state index contributed by atoms with van der Waals surface area (Å²) < 4.78 is 1.82. The third-order valence-corrected chi connectivity index (χ3v) is 4.86. The van der Waals surface area contributed by atoms with E-state index in [9.17, 15) is 4.79 Å². The van der Waals surface area contributed by atoms with Gasteiger partial charge < -0.3 is 0 Å². The van der Waals surface area contributed by atoms with Gasteiger partial charge in [0.1, 0.15) is 5.71 Å². The fraction of sp³-hybridized carbons (Fsp3) is 0.421. The van der Waals surface area contributed by atoms with E-state index < -0.39 is 0 Å². The van der Waals surface area contributed by atoms with Crippen molar-refractivity contribution in [1.82, 2.24) is 9.55 Å². The van der Waals surface area contributed by atoms with E-state index >= 15 is 0 Å². The highest BCUT2D eigenvalue weighted by Crippen LogP contribution is 2.20. The number of anilines is 1. The molecule has 0 spiro atoms. The molecule has 1 aliphatic carbocycles. The Morgan fingerprint density at radius 2 is 1.88 bits per heavy atom. The van der Waals surface area contributed by atoms with Crippen molar-refractivity contribution in [2.45, 2.75) is 52.0 Å². The van der Waals surface area contributed by atoms with Crippen LogP contribution in [0, 0.1) is 6.92 Å². The van der Waals surface area contributed by atoms with Crippen molar-refractivity contribution in [2.24, 2.45) is 5.10 Å². The fourth-order valence-corrected chi connectivity index (χ4v) is 3.50. The van der Waals surface area contributed by atoms with Gasteiger partial charge in [0, 0.05) is 12.1 Å². The maximum Gasteiger partial charge on any atom is 0.257 e. The zero-order valence-electron chi connectivity index (χ0n) is 14.0. The lowest BCUT2D eigenvalue weighted by Gasteiger charge is -2.23. The maximum atomic E-state index is 12.8. The van der Waals surface area contributed by atoms with Crippen LogP contribution in [0.15, 0.2) is 34.2 Å². The summed E-state index contributed by atoms with van der Waals surface area (Å²) in [6, 6.07) is 8.12. The first kappa shape index (κ1) is 15.1. The van der Waals surface area contributed by atoms with Crippen molar-refractivity contribution < 1.29 is 0 Å². The molecule has 0 amide bonds. The van der Waals surface area contributed by atoms with Crippen LogP contribution in [0.4, 0.5) is 5.69 Å². The van der Waals surface area contributed by atoms with E-state index in [2.05, 4.69) is 29.6 Å². The summed E-state index contributed by atoms with van der Waals surface area (Å²) in [4.78, 5) is 17.6. The number of hydrogen-bond donors (Lipinski definition) is 1. The lowest BCUT2D eigenvalue weighted by Crippen LogP contribution is -2.36. The molecular weight excluding hydrogens is 300 g/mol. The third kappa shape index (κ3) is 2.75. The molecule has 0 atom stereocenters. The quantitative estimate of drug-likeness (QED) is 0.865. The second-order valence-corrected chi connectivity index (χ2v) is 6.66. The van der Waals surface area contributed by atoms with Crippen LogP contribution in [0.25, 0.3) is 0 Å². The van der Waals surface area contributed by atoms with Crippen LogP contribution in [-0.4, -0.2) is 15.3 Å². The standard InChI is InChI=1S/C19H22N4O/c1-13-8-10-14(11-9-13)21-22-17-7-4-12-23-18(17)20-16-6-3-2-5-15(16)19(23)24/h8-11,21H,2-7,12H2,1H3/b22-17-. The first-order chi connectivity index (χ1) is 11.7. The lowest BCUT2D eigenvalue weighted by molar-refractivity contribution is 0.559. The van der Waals surface area contributed by atoms with Gasteiger partial charge in [0.25, 0.3) is 5.56 Å². The molecule has 4 rings (SSSR count). The van der Waals surface area contributed by atoms with Gasteiger partial charge in [-0.25, -0.2) is 4.98 Å². The predicted molar refractivity (Wildman–Crippen MR) is 95.7 cm³/mol. The van der Waals surface area contributed by atoms with E-state index in [0.29, 0.717) is 0 Å². The van der Waals surface area contributed by atoms with E-state index in [4.69, 9.17) is 4.98 Å². The van der Waals surface area contributed by atoms with Gasteiger partial charge in [-0.1, -0.05) is 17.7 Å². The zero-order chi connectivity index (χ0) is 16.5. The molecule has 0 saturated heterocycles. The Morgan fingerprint density at radius 1 is 1.08 bits per heavy atom.